The van der Waals surface area contributed by atoms with Gasteiger partial charge in [0.25, 0.3) is 0 Å². The average molecular weight is 430 g/mol. The molecule has 5 heteroatoms. The third-order valence-corrected chi connectivity index (χ3v) is 5.91. The van der Waals surface area contributed by atoms with E-state index >= 15 is 0 Å². The fourth-order valence-electron chi connectivity index (χ4n) is 3.71. The van der Waals surface area contributed by atoms with Crippen molar-refractivity contribution in [1.82, 2.24) is 5.32 Å². The van der Waals surface area contributed by atoms with Crippen LogP contribution in [-0.4, -0.2) is 24.0 Å². The molecule has 0 fully saturated rings. The molecule has 0 amide bonds. The number of ether oxygens (including phenoxy) is 1. The number of carbonyl (C=O) groups is 1. The number of hydrogen-bond acceptors (Lipinski definition) is 4. The van der Waals surface area contributed by atoms with E-state index in [2.05, 4.69) is 17.4 Å². The Kier molecular flexibility index (Phi) is 7.56. The van der Waals surface area contributed by atoms with E-state index in [-0.39, 0.29) is 18.4 Å². The standard InChI is InChI=1S/C25H32ClNO3/c1-25(2,3)24(29)16-30-20-11-12-21-17(14-20)7-4-5-10-22(21)27-15-23(28)18-8-6-9-19(26)13-18/h6,8-9,11-14,22-23,27-28H,4-5,7,10,15-16H2,1-3H3/t22?,23-/m0/s1. The maximum absolute atomic E-state index is 12.2. The number of hydrogen-bond donors (Lipinski definition) is 2. The predicted octanol–water partition coefficient (Wildman–Crippen LogP) is 5.42. The van der Waals surface area contributed by atoms with Gasteiger partial charge in [0.05, 0.1) is 6.10 Å². The van der Waals surface area contributed by atoms with E-state index < -0.39 is 11.5 Å². The smallest absolute Gasteiger partial charge is 0.175 e. The first kappa shape index (κ1) is 22.8. The van der Waals surface area contributed by atoms with Crippen molar-refractivity contribution in [2.24, 2.45) is 5.41 Å². The van der Waals surface area contributed by atoms with E-state index in [4.69, 9.17) is 16.3 Å². The number of rotatable bonds is 7. The lowest BCUT2D eigenvalue weighted by Gasteiger charge is -2.22. The van der Waals surface area contributed by atoms with E-state index in [9.17, 15) is 9.90 Å². The number of halogens is 1. The molecule has 0 spiro atoms. The van der Waals surface area contributed by atoms with Gasteiger partial charge in [0.2, 0.25) is 0 Å². The normalized spacial score (nSPS) is 17.7. The van der Waals surface area contributed by atoms with E-state index in [1.54, 1.807) is 6.07 Å². The van der Waals surface area contributed by atoms with Gasteiger partial charge >= 0.3 is 0 Å². The number of carbonyl (C=O) groups excluding carboxylic acids is 1. The quantitative estimate of drug-likeness (QED) is 0.576. The van der Waals surface area contributed by atoms with Crippen LogP contribution in [-0.2, 0) is 11.2 Å². The molecule has 2 aromatic carbocycles. The molecule has 0 aliphatic heterocycles. The SMILES string of the molecule is CC(C)(C)C(=O)COc1ccc2c(c1)CCCCC2NC[C@H](O)c1cccc(Cl)c1. The van der Waals surface area contributed by atoms with Crippen LogP contribution in [0.5, 0.6) is 5.75 Å². The first-order valence-corrected chi connectivity index (χ1v) is 11.1. The van der Waals surface area contributed by atoms with Crippen molar-refractivity contribution in [3.63, 3.8) is 0 Å². The van der Waals surface area contributed by atoms with E-state index in [0.717, 1.165) is 37.0 Å². The minimum atomic E-state index is -0.610. The molecule has 2 N–H and O–H groups in total. The molecule has 0 radical (unpaired) electrons. The lowest BCUT2D eigenvalue weighted by molar-refractivity contribution is -0.128. The highest BCUT2D eigenvalue weighted by atomic mass is 35.5. The number of benzene rings is 2. The number of ketones is 1. The van der Waals surface area contributed by atoms with E-state index in [1.165, 1.54) is 11.1 Å². The summed E-state index contributed by atoms with van der Waals surface area (Å²) >= 11 is 6.05. The van der Waals surface area contributed by atoms with Crippen molar-refractivity contribution in [3.05, 3.63) is 64.2 Å². The topological polar surface area (TPSA) is 58.6 Å². The van der Waals surface area contributed by atoms with Gasteiger partial charge in [-0.25, -0.2) is 0 Å². The first-order valence-electron chi connectivity index (χ1n) is 10.7. The highest BCUT2D eigenvalue weighted by Crippen LogP contribution is 2.32. The Bertz CT molecular complexity index is 875. The summed E-state index contributed by atoms with van der Waals surface area (Å²) in [7, 11) is 0. The maximum atomic E-state index is 12.2. The molecule has 3 rings (SSSR count). The Hall–Kier alpha value is -1.88. The van der Waals surface area contributed by atoms with Crippen LogP contribution in [0.15, 0.2) is 42.5 Å². The zero-order valence-electron chi connectivity index (χ0n) is 18.1. The Morgan fingerprint density at radius 2 is 2.03 bits per heavy atom. The minimum Gasteiger partial charge on any atom is -0.486 e. The van der Waals surface area contributed by atoms with Gasteiger partial charge in [-0.15, -0.1) is 0 Å². The number of Topliss-reactive ketones (excluding diaryl/α,β-unsaturated/α-hetero) is 1. The largest absolute Gasteiger partial charge is 0.486 e. The number of aliphatic hydroxyl groups is 1. The Balaban J connectivity index is 1.66. The summed E-state index contributed by atoms with van der Waals surface area (Å²) in [5.41, 5.74) is 2.92. The number of aliphatic hydroxyl groups excluding tert-OH is 1. The molecule has 1 aliphatic carbocycles. The van der Waals surface area contributed by atoms with Crippen molar-refractivity contribution in [3.8, 4) is 5.75 Å². The zero-order valence-corrected chi connectivity index (χ0v) is 18.8. The van der Waals surface area contributed by atoms with Crippen LogP contribution in [0.3, 0.4) is 0 Å². The highest BCUT2D eigenvalue weighted by Gasteiger charge is 2.23. The third-order valence-electron chi connectivity index (χ3n) is 5.68. The molecule has 0 heterocycles. The highest BCUT2D eigenvalue weighted by molar-refractivity contribution is 6.30. The van der Waals surface area contributed by atoms with E-state index in [0.29, 0.717) is 11.6 Å². The molecule has 162 valence electrons. The maximum Gasteiger partial charge on any atom is 0.175 e. The summed E-state index contributed by atoms with van der Waals surface area (Å²) in [4.78, 5) is 12.2. The first-order chi connectivity index (χ1) is 14.2. The second-order valence-corrected chi connectivity index (χ2v) is 9.54. The van der Waals surface area contributed by atoms with Crippen molar-refractivity contribution in [2.45, 2.75) is 58.6 Å². The summed E-state index contributed by atoms with van der Waals surface area (Å²) < 4.78 is 5.78. The van der Waals surface area contributed by atoms with Crippen molar-refractivity contribution in [2.75, 3.05) is 13.2 Å². The van der Waals surface area contributed by atoms with Crippen LogP contribution in [0.2, 0.25) is 5.02 Å². The van der Waals surface area contributed by atoms with E-state index in [1.807, 2.05) is 45.0 Å². The molecule has 1 aliphatic rings. The lowest BCUT2D eigenvalue weighted by Crippen LogP contribution is -2.27. The molecule has 0 aromatic heterocycles. The number of nitrogens with one attached hydrogen (secondary N) is 1. The Morgan fingerprint density at radius 3 is 2.77 bits per heavy atom. The lowest BCUT2D eigenvalue weighted by atomic mass is 9.91. The van der Waals surface area contributed by atoms with Crippen LogP contribution in [0.1, 0.15) is 68.9 Å². The van der Waals surface area contributed by atoms with Crippen LogP contribution in [0.4, 0.5) is 0 Å². The fourth-order valence-corrected chi connectivity index (χ4v) is 3.91. The third kappa shape index (κ3) is 6.07. The summed E-state index contributed by atoms with van der Waals surface area (Å²) in [5, 5.41) is 14.7. The molecular formula is C25H32ClNO3. The monoisotopic (exact) mass is 429 g/mol. The van der Waals surface area contributed by atoms with Crippen LogP contribution >= 0.6 is 11.6 Å². The molecule has 0 saturated heterocycles. The van der Waals surface area contributed by atoms with Crippen LogP contribution < -0.4 is 10.1 Å². The molecule has 0 saturated carbocycles. The van der Waals surface area contributed by atoms with Gasteiger partial charge in [0.1, 0.15) is 12.4 Å². The average Bonchev–Trinajstić information content (AvgIpc) is 2.91. The van der Waals surface area contributed by atoms with Crippen LogP contribution in [0.25, 0.3) is 0 Å². The molecule has 0 bridgehead atoms. The fraction of sp³-hybridized carbons (Fsp3) is 0.480. The second-order valence-electron chi connectivity index (χ2n) is 9.10. The second kappa shape index (κ2) is 9.95. The Morgan fingerprint density at radius 1 is 1.23 bits per heavy atom. The summed E-state index contributed by atoms with van der Waals surface area (Å²) in [6, 6.07) is 13.7. The number of fused-ring (bicyclic) bond motifs is 1. The molecule has 4 nitrogen and oxygen atoms in total. The van der Waals surface area contributed by atoms with Crippen molar-refractivity contribution in [1.29, 1.82) is 0 Å². The molecular weight excluding hydrogens is 398 g/mol. The van der Waals surface area contributed by atoms with Gasteiger partial charge in [-0.2, -0.15) is 0 Å². The van der Waals surface area contributed by atoms with Crippen LogP contribution in [0, 0.1) is 5.41 Å². The van der Waals surface area contributed by atoms with Crippen molar-refractivity contribution >= 4 is 17.4 Å². The van der Waals surface area contributed by atoms with Gasteiger partial charge in [0, 0.05) is 23.0 Å². The van der Waals surface area contributed by atoms with Crippen molar-refractivity contribution < 1.29 is 14.6 Å². The van der Waals surface area contributed by atoms with Gasteiger partial charge in [-0.3, -0.25) is 4.79 Å². The summed E-state index contributed by atoms with van der Waals surface area (Å²) in [6.45, 7) is 6.27. The molecule has 2 atom stereocenters. The summed E-state index contributed by atoms with van der Waals surface area (Å²) in [5.74, 6) is 0.831. The van der Waals surface area contributed by atoms with Gasteiger partial charge in [-0.05, 0) is 60.2 Å². The molecule has 2 aromatic rings. The predicted molar refractivity (Wildman–Crippen MR) is 121 cm³/mol. The minimum absolute atomic E-state index is 0.0898. The van der Waals surface area contributed by atoms with Gasteiger partial charge in [0.15, 0.2) is 5.78 Å². The zero-order chi connectivity index (χ0) is 21.7. The van der Waals surface area contributed by atoms with Gasteiger partial charge < -0.3 is 15.2 Å². The number of aryl methyl sites for hydroxylation is 1. The molecule has 30 heavy (non-hydrogen) atoms. The molecule has 1 unspecified atom stereocenters. The summed E-state index contributed by atoms with van der Waals surface area (Å²) in [6.07, 6.45) is 3.65. The Labute approximate surface area is 184 Å². The van der Waals surface area contributed by atoms with Gasteiger partial charge in [-0.1, -0.05) is 57.0 Å².